The zero-order chi connectivity index (χ0) is 15.9. The van der Waals surface area contributed by atoms with Crippen molar-refractivity contribution in [3.63, 3.8) is 0 Å². The van der Waals surface area contributed by atoms with Crippen LogP contribution in [0.5, 0.6) is 0 Å². The van der Waals surface area contributed by atoms with Gasteiger partial charge in [-0.05, 0) is 50.5 Å². The second kappa shape index (κ2) is 7.84. The predicted molar refractivity (Wildman–Crippen MR) is 87.3 cm³/mol. The van der Waals surface area contributed by atoms with Crippen LogP contribution in [0.25, 0.3) is 0 Å². The average molecular weight is 322 g/mol. The molecule has 22 heavy (non-hydrogen) atoms. The molecule has 0 aliphatic heterocycles. The van der Waals surface area contributed by atoms with Crippen molar-refractivity contribution in [1.29, 1.82) is 0 Å². The van der Waals surface area contributed by atoms with Gasteiger partial charge < -0.3 is 15.2 Å². The van der Waals surface area contributed by atoms with Gasteiger partial charge in [0.1, 0.15) is 5.76 Å². The van der Waals surface area contributed by atoms with Gasteiger partial charge in [0.25, 0.3) is 0 Å². The van der Waals surface area contributed by atoms with Crippen LogP contribution in [-0.4, -0.2) is 24.2 Å². The molecule has 0 atom stereocenters. The molecule has 5 nitrogen and oxygen atoms in total. The molecule has 2 aromatic rings. The molecule has 0 aliphatic carbocycles. The fraction of sp³-hybridized carbons (Fsp3) is 0.375. The van der Waals surface area contributed by atoms with Crippen molar-refractivity contribution in [3.05, 3.63) is 46.3 Å². The normalized spacial score (nSPS) is 10.5. The quantitative estimate of drug-likeness (QED) is 0.822. The molecule has 1 heterocycles. The van der Waals surface area contributed by atoms with Crippen LogP contribution < -0.4 is 10.6 Å². The fourth-order valence-electron chi connectivity index (χ4n) is 2.12. The van der Waals surface area contributed by atoms with Crippen LogP contribution in [0.15, 0.2) is 28.8 Å². The summed E-state index contributed by atoms with van der Waals surface area (Å²) in [5.41, 5.74) is 2.81. The third-order valence-corrected chi connectivity index (χ3v) is 3.57. The Bertz CT molecular complexity index is 640. The molecular weight excluding hydrogens is 302 g/mol. The summed E-state index contributed by atoms with van der Waals surface area (Å²) in [6.45, 7) is 4.64. The minimum atomic E-state index is -0.0305. The van der Waals surface area contributed by atoms with E-state index in [2.05, 4.69) is 15.8 Å². The molecule has 1 aromatic carbocycles. The summed E-state index contributed by atoms with van der Waals surface area (Å²) < 4.78 is 5.06. The molecule has 2 rings (SSSR count). The number of amides is 1. The van der Waals surface area contributed by atoms with E-state index < -0.39 is 0 Å². The second-order valence-electron chi connectivity index (χ2n) is 5.04. The van der Waals surface area contributed by atoms with Crippen molar-refractivity contribution in [3.8, 4) is 0 Å². The number of halogens is 1. The molecule has 2 N–H and O–H groups in total. The van der Waals surface area contributed by atoms with E-state index in [-0.39, 0.29) is 12.5 Å². The van der Waals surface area contributed by atoms with E-state index in [1.165, 1.54) is 0 Å². The first-order valence-electron chi connectivity index (χ1n) is 7.29. The highest BCUT2D eigenvalue weighted by Gasteiger charge is 2.06. The van der Waals surface area contributed by atoms with Crippen molar-refractivity contribution < 1.29 is 9.32 Å². The van der Waals surface area contributed by atoms with Gasteiger partial charge in [0.2, 0.25) is 5.91 Å². The molecule has 0 unspecified atom stereocenters. The minimum Gasteiger partial charge on any atom is -0.376 e. The Kier molecular flexibility index (Phi) is 5.83. The number of nitrogens with zero attached hydrogens (tertiary/aromatic N) is 1. The molecule has 0 aliphatic rings. The highest BCUT2D eigenvalue weighted by Crippen LogP contribution is 2.22. The first kappa shape index (κ1) is 16.4. The van der Waals surface area contributed by atoms with Gasteiger partial charge in [0, 0.05) is 23.3 Å². The Morgan fingerprint density at radius 1 is 1.32 bits per heavy atom. The van der Waals surface area contributed by atoms with E-state index in [1.807, 2.05) is 38.1 Å². The lowest BCUT2D eigenvalue weighted by atomic mass is 10.1. The lowest BCUT2D eigenvalue weighted by molar-refractivity contribution is -0.119. The van der Waals surface area contributed by atoms with E-state index in [9.17, 15) is 4.79 Å². The molecule has 1 amide bonds. The SMILES string of the molecule is CCNC(=O)CNc1ccc(Cl)c(CCc2cc(C)on2)c1. The Morgan fingerprint density at radius 3 is 2.82 bits per heavy atom. The molecular formula is C16H20ClN3O2. The standard InChI is InChI=1S/C16H20ClN3O2/c1-3-18-16(21)10-19-13-6-7-15(17)12(9-13)4-5-14-8-11(2)22-20-14/h6-9,19H,3-5,10H2,1-2H3,(H,18,21). The van der Waals surface area contributed by atoms with Crippen molar-refractivity contribution >= 4 is 23.2 Å². The van der Waals surface area contributed by atoms with E-state index in [0.29, 0.717) is 11.6 Å². The smallest absolute Gasteiger partial charge is 0.239 e. The van der Waals surface area contributed by atoms with Gasteiger partial charge in [-0.15, -0.1) is 0 Å². The van der Waals surface area contributed by atoms with E-state index >= 15 is 0 Å². The highest BCUT2D eigenvalue weighted by atomic mass is 35.5. The van der Waals surface area contributed by atoms with Crippen molar-refractivity contribution in [2.45, 2.75) is 26.7 Å². The average Bonchev–Trinajstić information content (AvgIpc) is 2.91. The number of benzene rings is 1. The number of carbonyl (C=O) groups is 1. The third kappa shape index (κ3) is 4.77. The Balaban J connectivity index is 1.95. The van der Waals surface area contributed by atoms with Crippen molar-refractivity contribution in [1.82, 2.24) is 10.5 Å². The van der Waals surface area contributed by atoms with E-state index in [4.69, 9.17) is 16.1 Å². The second-order valence-corrected chi connectivity index (χ2v) is 5.45. The van der Waals surface area contributed by atoms with Gasteiger partial charge >= 0.3 is 0 Å². The maximum atomic E-state index is 11.5. The fourth-order valence-corrected chi connectivity index (χ4v) is 2.33. The molecule has 0 saturated heterocycles. The van der Waals surface area contributed by atoms with Gasteiger partial charge in [-0.2, -0.15) is 0 Å². The van der Waals surface area contributed by atoms with Crippen LogP contribution in [0.1, 0.15) is 23.9 Å². The molecule has 0 spiro atoms. The van der Waals surface area contributed by atoms with Gasteiger partial charge in [0.05, 0.1) is 12.2 Å². The zero-order valence-electron chi connectivity index (χ0n) is 12.8. The molecule has 0 bridgehead atoms. The van der Waals surface area contributed by atoms with Crippen LogP contribution in [0.3, 0.4) is 0 Å². The highest BCUT2D eigenvalue weighted by molar-refractivity contribution is 6.31. The Labute approximate surface area is 135 Å². The van der Waals surface area contributed by atoms with E-state index in [1.54, 1.807) is 0 Å². The van der Waals surface area contributed by atoms with Gasteiger partial charge in [-0.3, -0.25) is 4.79 Å². The number of aromatic nitrogens is 1. The molecule has 0 radical (unpaired) electrons. The summed E-state index contributed by atoms with van der Waals surface area (Å²) >= 11 is 6.23. The van der Waals surface area contributed by atoms with Crippen LogP contribution in [0.2, 0.25) is 5.02 Å². The van der Waals surface area contributed by atoms with Crippen LogP contribution in [0.4, 0.5) is 5.69 Å². The monoisotopic (exact) mass is 321 g/mol. The minimum absolute atomic E-state index is 0.0305. The Hall–Kier alpha value is -2.01. The van der Waals surface area contributed by atoms with Gasteiger partial charge in [-0.1, -0.05) is 16.8 Å². The number of anilines is 1. The number of hydrogen-bond donors (Lipinski definition) is 2. The molecule has 0 fully saturated rings. The van der Waals surface area contributed by atoms with E-state index in [0.717, 1.165) is 35.5 Å². The summed E-state index contributed by atoms with van der Waals surface area (Å²) in [7, 11) is 0. The summed E-state index contributed by atoms with van der Waals surface area (Å²) in [5, 5.41) is 10.5. The van der Waals surface area contributed by atoms with Crippen LogP contribution in [-0.2, 0) is 17.6 Å². The summed E-state index contributed by atoms with van der Waals surface area (Å²) in [4.78, 5) is 11.5. The largest absolute Gasteiger partial charge is 0.376 e. The first-order chi connectivity index (χ1) is 10.6. The van der Waals surface area contributed by atoms with Crippen molar-refractivity contribution in [2.24, 2.45) is 0 Å². The molecule has 6 heteroatoms. The topological polar surface area (TPSA) is 67.2 Å². The number of likely N-dealkylation sites (N-methyl/N-ethyl adjacent to an activating group) is 1. The molecule has 118 valence electrons. The maximum absolute atomic E-state index is 11.5. The van der Waals surface area contributed by atoms with Crippen LogP contribution >= 0.6 is 11.6 Å². The number of aryl methyl sites for hydroxylation is 3. The Morgan fingerprint density at radius 2 is 2.14 bits per heavy atom. The predicted octanol–water partition coefficient (Wildman–Crippen LogP) is 2.97. The summed E-state index contributed by atoms with van der Waals surface area (Å²) in [6, 6.07) is 7.59. The number of hydrogen-bond acceptors (Lipinski definition) is 4. The number of carbonyl (C=O) groups excluding carboxylic acids is 1. The van der Waals surface area contributed by atoms with Crippen LogP contribution in [0, 0.1) is 6.92 Å². The number of rotatable bonds is 7. The first-order valence-corrected chi connectivity index (χ1v) is 7.67. The third-order valence-electron chi connectivity index (χ3n) is 3.20. The molecule has 1 aromatic heterocycles. The maximum Gasteiger partial charge on any atom is 0.239 e. The summed E-state index contributed by atoms with van der Waals surface area (Å²) in [5.74, 6) is 0.774. The van der Waals surface area contributed by atoms with Gasteiger partial charge in [-0.25, -0.2) is 0 Å². The lowest BCUT2D eigenvalue weighted by Gasteiger charge is -2.09. The lowest BCUT2D eigenvalue weighted by Crippen LogP contribution is -2.29. The van der Waals surface area contributed by atoms with Gasteiger partial charge in [0.15, 0.2) is 0 Å². The summed E-state index contributed by atoms with van der Waals surface area (Å²) in [6.07, 6.45) is 1.53. The molecule has 0 saturated carbocycles. The number of nitrogens with one attached hydrogen (secondary N) is 2. The van der Waals surface area contributed by atoms with Crippen molar-refractivity contribution in [2.75, 3.05) is 18.4 Å². The zero-order valence-corrected chi connectivity index (χ0v) is 13.5.